The molecular weight excluding hydrogens is 382 g/mol. The number of rotatable bonds is 6. The molecule has 5 nitrogen and oxygen atoms in total. The van der Waals surface area contributed by atoms with Crippen molar-refractivity contribution in [3.8, 4) is 0 Å². The molecule has 6 heteroatoms. The van der Waals surface area contributed by atoms with Gasteiger partial charge in [0, 0.05) is 25.1 Å². The molecule has 3 rings (SSSR count). The van der Waals surface area contributed by atoms with Gasteiger partial charge >= 0.3 is 0 Å². The molecule has 1 aromatic rings. The van der Waals surface area contributed by atoms with Gasteiger partial charge in [0.25, 0.3) is 0 Å². The summed E-state index contributed by atoms with van der Waals surface area (Å²) < 4.78 is 19.4. The molecule has 2 N–H and O–H groups in total. The van der Waals surface area contributed by atoms with Crippen LogP contribution in [0.1, 0.15) is 46.6 Å². The van der Waals surface area contributed by atoms with Gasteiger partial charge in [-0.3, -0.25) is 0 Å². The molecule has 0 unspecified atom stereocenters. The minimum Gasteiger partial charge on any atom is -0.411 e. The van der Waals surface area contributed by atoms with Gasteiger partial charge in [-0.05, 0) is 44.0 Å². The summed E-state index contributed by atoms with van der Waals surface area (Å²) >= 11 is 0. The summed E-state index contributed by atoms with van der Waals surface area (Å²) in [7, 11) is -1.97. The molecule has 1 heterocycles. The Balaban J connectivity index is 1.81. The van der Waals surface area contributed by atoms with E-state index in [-0.39, 0.29) is 41.9 Å². The molecule has 1 aliphatic carbocycles. The summed E-state index contributed by atoms with van der Waals surface area (Å²) in [6.45, 7) is 16.1. The Kier molecular flexibility index (Phi) is 6.64. The largest absolute Gasteiger partial charge is 0.411 e. The van der Waals surface area contributed by atoms with Crippen molar-refractivity contribution in [2.24, 2.45) is 5.92 Å². The summed E-state index contributed by atoms with van der Waals surface area (Å²) in [6, 6.07) is 10.5. The van der Waals surface area contributed by atoms with Crippen molar-refractivity contribution in [2.75, 3.05) is 6.61 Å². The molecule has 1 aromatic carbocycles. The minimum atomic E-state index is -1.97. The third kappa shape index (κ3) is 5.11. The minimum absolute atomic E-state index is 0.0234. The molecule has 0 bridgehead atoms. The van der Waals surface area contributed by atoms with Crippen LogP contribution in [0.2, 0.25) is 18.1 Å². The average Bonchev–Trinajstić information content (AvgIpc) is 2.95. The first-order valence-electron chi connectivity index (χ1n) is 10.9. The van der Waals surface area contributed by atoms with Gasteiger partial charge in [-0.2, -0.15) is 0 Å². The predicted molar refractivity (Wildman–Crippen MR) is 118 cm³/mol. The first kappa shape index (κ1) is 22.9. The number of aliphatic hydroxyl groups is 1. The Morgan fingerprint density at radius 3 is 2.34 bits per heavy atom. The van der Waals surface area contributed by atoms with E-state index in [0.29, 0.717) is 0 Å². The smallest absolute Gasteiger partial charge is 0.192 e. The van der Waals surface area contributed by atoms with Crippen LogP contribution in [0.25, 0.3) is 0 Å². The fraction of sp³-hybridized carbons (Fsp3) is 0.739. The van der Waals surface area contributed by atoms with Crippen molar-refractivity contribution in [2.45, 2.75) is 95.9 Å². The number of hydrogen-bond donors (Lipinski definition) is 2. The van der Waals surface area contributed by atoms with E-state index < -0.39 is 14.1 Å². The van der Waals surface area contributed by atoms with Crippen LogP contribution in [0.5, 0.6) is 0 Å². The zero-order valence-corrected chi connectivity index (χ0v) is 20.1. The fourth-order valence-electron chi connectivity index (χ4n) is 4.21. The van der Waals surface area contributed by atoms with Gasteiger partial charge in [0.15, 0.2) is 14.1 Å². The monoisotopic (exact) mass is 421 g/mol. The maximum atomic E-state index is 10.2. The second-order valence-corrected chi connectivity index (χ2v) is 15.3. The molecule has 2 fully saturated rings. The van der Waals surface area contributed by atoms with E-state index in [1.807, 2.05) is 19.9 Å². The lowest BCUT2D eigenvalue weighted by atomic mass is 9.79. The second kappa shape index (κ2) is 8.40. The Hall–Kier alpha value is -0.763. The molecule has 1 aliphatic heterocycles. The van der Waals surface area contributed by atoms with Crippen molar-refractivity contribution in [1.29, 1.82) is 0 Å². The number of ether oxygens (including phenoxy) is 2. The SMILES string of the molecule is CC1(C)O[C@@H]2[C@@H](CO)[C@@H](NCc3ccccc3)C[C@H](O[Si](C)(C)C(C)(C)C)[C@H]2O1. The summed E-state index contributed by atoms with van der Waals surface area (Å²) in [5.74, 6) is -0.684. The van der Waals surface area contributed by atoms with Crippen LogP contribution in [0.3, 0.4) is 0 Å². The fourth-order valence-corrected chi connectivity index (χ4v) is 5.55. The maximum absolute atomic E-state index is 10.2. The van der Waals surface area contributed by atoms with Gasteiger partial charge < -0.3 is 24.3 Å². The highest BCUT2D eigenvalue weighted by molar-refractivity contribution is 6.74. The van der Waals surface area contributed by atoms with E-state index in [1.165, 1.54) is 5.56 Å². The van der Waals surface area contributed by atoms with Crippen molar-refractivity contribution in [1.82, 2.24) is 5.32 Å². The number of hydrogen-bond acceptors (Lipinski definition) is 5. The highest BCUT2D eigenvalue weighted by Crippen LogP contribution is 2.45. The van der Waals surface area contributed by atoms with E-state index in [1.54, 1.807) is 0 Å². The molecule has 1 saturated heterocycles. The van der Waals surface area contributed by atoms with Crippen LogP contribution >= 0.6 is 0 Å². The van der Waals surface area contributed by atoms with Crippen LogP contribution in [-0.2, 0) is 20.4 Å². The molecule has 0 spiro atoms. The molecule has 0 aromatic heterocycles. The zero-order chi connectivity index (χ0) is 21.4. The molecule has 0 amide bonds. The number of benzene rings is 1. The standard InChI is InChI=1S/C23H39NO4Si/c1-22(2,3)29(6,7)28-19-13-18(24-14-16-11-9-8-10-12-16)17(15-25)20-21(19)27-23(4,5)26-20/h8-12,17-21,24-25H,13-15H2,1-7H3/t17-,18-,19-,20+,21+/m0/s1. The van der Waals surface area contributed by atoms with Crippen molar-refractivity contribution in [3.63, 3.8) is 0 Å². The Morgan fingerprint density at radius 1 is 1.14 bits per heavy atom. The molecule has 5 atom stereocenters. The van der Waals surface area contributed by atoms with Crippen LogP contribution in [-0.4, -0.2) is 50.2 Å². The number of fused-ring (bicyclic) bond motifs is 1. The Labute approximate surface area is 177 Å². The molecular formula is C23H39NO4Si. The molecule has 0 radical (unpaired) electrons. The summed E-state index contributed by atoms with van der Waals surface area (Å²) in [4.78, 5) is 0. The lowest BCUT2D eigenvalue weighted by Gasteiger charge is -2.47. The predicted octanol–water partition coefficient (Wildman–Crippen LogP) is 4.07. The van der Waals surface area contributed by atoms with E-state index >= 15 is 0 Å². The van der Waals surface area contributed by atoms with E-state index in [0.717, 1.165) is 13.0 Å². The zero-order valence-electron chi connectivity index (χ0n) is 19.1. The summed E-state index contributed by atoms with van der Waals surface area (Å²) in [5, 5.41) is 14.0. The number of aliphatic hydroxyl groups excluding tert-OH is 1. The van der Waals surface area contributed by atoms with Crippen LogP contribution in [0.4, 0.5) is 0 Å². The van der Waals surface area contributed by atoms with Gasteiger partial charge in [-0.1, -0.05) is 51.1 Å². The lowest BCUT2D eigenvalue weighted by molar-refractivity contribution is -0.154. The van der Waals surface area contributed by atoms with Gasteiger partial charge in [0.05, 0.1) is 12.2 Å². The van der Waals surface area contributed by atoms with E-state index in [2.05, 4.69) is 63.4 Å². The maximum Gasteiger partial charge on any atom is 0.192 e. The summed E-state index contributed by atoms with van der Waals surface area (Å²) in [5.41, 5.74) is 1.23. The Morgan fingerprint density at radius 2 is 1.76 bits per heavy atom. The first-order valence-corrected chi connectivity index (χ1v) is 13.8. The molecule has 29 heavy (non-hydrogen) atoms. The summed E-state index contributed by atoms with van der Waals surface area (Å²) in [6.07, 6.45) is 0.446. The molecule has 2 aliphatic rings. The van der Waals surface area contributed by atoms with Gasteiger partial charge in [-0.15, -0.1) is 0 Å². The van der Waals surface area contributed by atoms with E-state index in [9.17, 15) is 5.11 Å². The Bertz CT molecular complexity index is 673. The van der Waals surface area contributed by atoms with Gasteiger partial charge in [-0.25, -0.2) is 0 Å². The van der Waals surface area contributed by atoms with Crippen LogP contribution in [0.15, 0.2) is 30.3 Å². The molecule has 164 valence electrons. The highest BCUT2D eigenvalue weighted by Gasteiger charge is 2.56. The average molecular weight is 422 g/mol. The molecule has 1 saturated carbocycles. The lowest BCUT2D eigenvalue weighted by Crippen LogP contribution is -2.60. The second-order valence-electron chi connectivity index (χ2n) is 10.5. The highest BCUT2D eigenvalue weighted by atomic mass is 28.4. The quantitative estimate of drug-likeness (QED) is 0.678. The van der Waals surface area contributed by atoms with Crippen molar-refractivity contribution in [3.05, 3.63) is 35.9 Å². The van der Waals surface area contributed by atoms with Crippen molar-refractivity contribution >= 4 is 8.32 Å². The van der Waals surface area contributed by atoms with Gasteiger partial charge in [0.2, 0.25) is 0 Å². The van der Waals surface area contributed by atoms with Crippen molar-refractivity contribution < 1.29 is 19.0 Å². The normalized spacial score (nSPS) is 32.2. The third-order valence-electron chi connectivity index (χ3n) is 6.83. The van der Waals surface area contributed by atoms with Crippen LogP contribution < -0.4 is 5.32 Å². The number of nitrogens with one attached hydrogen (secondary N) is 1. The van der Waals surface area contributed by atoms with Crippen LogP contribution in [0, 0.1) is 5.92 Å². The van der Waals surface area contributed by atoms with E-state index in [4.69, 9.17) is 13.9 Å². The first-order chi connectivity index (χ1) is 13.4. The topological polar surface area (TPSA) is 60.0 Å². The third-order valence-corrected chi connectivity index (χ3v) is 11.3. The van der Waals surface area contributed by atoms with Gasteiger partial charge in [0.1, 0.15) is 6.10 Å².